The number of anilines is 1. The lowest BCUT2D eigenvalue weighted by atomic mass is 9.82. The van der Waals surface area contributed by atoms with Gasteiger partial charge in [0.2, 0.25) is 11.8 Å². The van der Waals surface area contributed by atoms with Crippen LogP contribution in [0.3, 0.4) is 0 Å². The standard InChI is InChI=1S/C38H42N4O6/c1-41(2)32(43)23-42-31-22-27(13-16-30(31)34(26-8-4-3-5-9-26)35(42)28-18-21-48-24-28)36(46)40-38(19-6-7-20-38)37(47)39-29-14-10-25(11-15-29)12-17-33(44)45/h10-18,21-22,24,26H,3-9,19-20,23H2,1-2H3,(H,39,47)(H,40,46)(H,44,45)/b17-12+. The van der Waals surface area contributed by atoms with Gasteiger partial charge >= 0.3 is 5.97 Å². The van der Waals surface area contributed by atoms with Gasteiger partial charge in [-0.25, -0.2) is 4.79 Å². The van der Waals surface area contributed by atoms with Crippen molar-refractivity contribution in [3.05, 3.63) is 83.8 Å². The summed E-state index contributed by atoms with van der Waals surface area (Å²) in [6, 6.07) is 14.5. The van der Waals surface area contributed by atoms with Gasteiger partial charge in [0.25, 0.3) is 5.91 Å². The molecule has 0 bridgehead atoms. The molecule has 0 saturated heterocycles. The number of aliphatic carboxylic acids is 1. The number of aromatic nitrogens is 1. The molecule has 48 heavy (non-hydrogen) atoms. The summed E-state index contributed by atoms with van der Waals surface area (Å²) < 4.78 is 7.54. The first-order valence-electron chi connectivity index (χ1n) is 16.7. The van der Waals surface area contributed by atoms with Crippen LogP contribution in [0.1, 0.15) is 85.2 Å². The minimum atomic E-state index is -1.08. The average Bonchev–Trinajstić information content (AvgIpc) is 3.85. The van der Waals surface area contributed by atoms with Crippen molar-refractivity contribution in [2.24, 2.45) is 0 Å². The number of nitrogens with zero attached hydrogens (tertiary/aromatic N) is 2. The number of rotatable bonds is 10. The Hall–Kier alpha value is -5.12. The lowest BCUT2D eigenvalue weighted by Gasteiger charge is -2.29. The maximum absolute atomic E-state index is 14.0. The van der Waals surface area contributed by atoms with E-state index >= 15 is 0 Å². The quantitative estimate of drug-likeness (QED) is 0.161. The second-order valence-corrected chi connectivity index (χ2v) is 13.2. The number of furan rings is 1. The SMILES string of the molecule is CN(C)C(=O)Cn1c(-c2ccoc2)c(C2CCCCC2)c2ccc(C(=O)NC3(C(=O)Nc4ccc(/C=C/C(=O)O)cc4)CCCC3)cc21. The molecule has 2 heterocycles. The van der Waals surface area contributed by atoms with Gasteiger partial charge < -0.3 is 29.6 Å². The predicted octanol–water partition coefficient (Wildman–Crippen LogP) is 6.82. The van der Waals surface area contributed by atoms with Crippen LogP contribution in [0.5, 0.6) is 0 Å². The Morgan fingerprint density at radius 3 is 2.35 bits per heavy atom. The molecule has 2 fully saturated rings. The normalized spacial score (nSPS) is 16.3. The molecule has 2 aliphatic carbocycles. The lowest BCUT2D eigenvalue weighted by Crippen LogP contribution is -2.55. The Morgan fingerprint density at radius 1 is 0.979 bits per heavy atom. The number of carbonyl (C=O) groups excluding carboxylic acids is 3. The van der Waals surface area contributed by atoms with Crippen molar-refractivity contribution in [1.82, 2.24) is 14.8 Å². The highest BCUT2D eigenvalue weighted by atomic mass is 16.4. The number of benzene rings is 2. The van der Waals surface area contributed by atoms with E-state index in [-0.39, 0.29) is 24.3 Å². The summed E-state index contributed by atoms with van der Waals surface area (Å²) in [5.74, 6) is -1.41. The Labute approximate surface area is 279 Å². The molecule has 250 valence electrons. The maximum Gasteiger partial charge on any atom is 0.328 e. The highest BCUT2D eigenvalue weighted by Gasteiger charge is 2.43. The van der Waals surface area contributed by atoms with Crippen molar-refractivity contribution in [3.8, 4) is 11.3 Å². The molecule has 4 aromatic rings. The largest absolute Gasteiger partial charge is 0.478 e. The summed E-state index contributed by atoms with van der Waals surface area (Å²) in [6.07, 6.45) is 14.2. The van der Waals surface area contributed by atoms with E-state index in [4.69, 9.17) is 9.52 Å². The number of carbonyl (C=O) groups is 4. The van der Waals surface area contributed by atoms with Gasteiger partial charge in [0, 0.05) is 42.4 Å². The predicted molar refractivity (Wildman–Crippen MR) is 185 cm³/mol. The third kappa shape index (κ3) is 6.79. The summed E-state index contributed by atoms with van der Waals surface area (Å²) >= 11 is 0. The highest BCUT2D eigenvalue weighted by molar-refractivity contribution is 6.06. The van der Waals surface area contributed by atoms with Gasteiger partial charge in [0.05, 0.1) is 23.7 Å². The third-order valence-corrected chi connectivity index (χ3v) is 9.80. The topological polar surface area (TPSA) is 134 Å². The molecule has 2 saturated carbocycles. The molecule has 0 atom stereocenters. The van der Waals surface area contributed by atoms with Crippen LogP contribution in [0.4, 0.5) is 5.69 Å². The van der Waals surface area contributed by atoms with Crippen LogP contribution < -0.4 is 10.6 Å². The second-order valence-electron chi connectivity index (χ2n) is 13.2. The van der Waals surface area contributed by atoms with E-state index in [9.17, 15) is 19.2 Å². The zero-order valence-electron chi connectivity index (χ0n) is 27.5. The van der Waals surface area contributed by atoms with Crippen LogP contribution in [0.15, 0.2) is 71.6 Å². The summed E-state index contributed by atoms with van der Waals surface area (Å²) in [4.78, 5) is 53.3. The van der Waals surface area contributed by atoms with E-state index in [0.717, 1.165) is 66.8 Å². The van der Waals surface area contributed by atoms with Gasteiger partial charge in [-0.3, -0.25) is 14.4 Å². The van der Waals surface area contributed by atoms with Gasteiger partial charge in [-0.2, -0.15) is 0 Å². The van der Waals surface area contributed by atoms with Crippen molar-refractivity contribution < 1.29 is 28.7 Å². The van der Waals surface area contributed by atoms with Crippen LogP contribution in [0.2, 0.25) is 0 Å². The molecular weight excluding hydrogens is 608 g/mol. The van der Waals surface area contributed by atoms with E-state index < -0.39 is 11.5 Å². The number of hydrogen-bond donors (Lipinski definition) is 3. The van der Waals surface area contributed by atoms with Gasteiger partial charge in [0.15, 0.2) is 0 Å². The summed E-state index contributed by atoms with van der Waals surface area (Å²) in [5, 5.41) is 16.0. The van der Waals surface area contributed by atoms with Crippen LogP contribution >= 0.6 is 0 Å². The van der Waals surface area contributed by atoms with Crippen LogP contribution in [0, 0.1) is 0 Å². The number of nitrogens with one attached hydrogen (secondary N) is 2. The summed E-state index contributed by atoms with van der Waals surface area (Å²) in [5.41, 5.74) is 4.44. The number of fused-ring (bicyclic) bond motifs is 1. The summed E-state index contributed by atoms with van der Waals surface area (Å²) in [6.45, 7) is 0.110. The van der Waals surface area contributed by atoms with E-state index in [1.165, 1.54) is 18.1 Å². The fourth-order valence-electron chi connectivity index (χ4n) is 7.25. The number of hydrogen-bond acceptors (Lipinski definition) is 5. The van der Waals surface area contributed by atoms with Crippen molar-refractivity contribution in [2.75, 3.05) is 19.4 Å². The smallest absolute Gasteiger partial charge is 0.328 e. The number of carboxylic acids is 1. The molecule has 6 rings (SSSR count). The fourth-order valence-corrected chi connectivity index (χ4v) is 7.25. The van der Waals surface area contributed by atoms with E-state index in [0.29, 0.717) is 35.6 Å². The van der Waals surface area contributed by atoms with E-state index in [1.54, 1.807) is 55.8 Å². The monoisotopic (exact) mass is 650 g/mol. The van der Waals surface area contributed by atoms with Gasteiger partial charge in [-0.05, 0) is 79.1 Å². The minimum absolute atomic E-state index is 0.0609. The highest BCUT2D eigenvalue weighted by Crippen LogP contribution is 2.44. The molecule has 2 aromatic carbocycles. The molecule has 0 radical (unpaired) electrons. The molecule has 0 unspecified atom stereocenters. The van der Waals surface area contributed by atoms with Crippen LogP contribution in [-0.2, 0) is 20.9 Å². The maximum atomic E-state index is 14.0. The first-order valence-corrected chi connectivity index (χ1v) is 16.7. The fraction of sp³-hybridized carbons (Fsp3) is 0.368. The molecule has 0 aliphatic heterocycles. The Morgan fingerprint density at radius 2 is 1.71 bits per heavy atom. The third-order valence-electron chi connectivity index (χ3n) is 9.80. The lowest BCUT2D eigenvalue weighted by molar-refractivity contribution is -0.131. The Bertz CT molecular complexity index is 1840. The molecule has 0 spiro atoms. The van der Waals surface area contributed by atoms with Crippen molar-refractivity contribution in [2.45, 2.75) is 75.8 Å². The van der Waals surface area contributed by atoms with E-state index in [2.05, 4.69) is 10.6 Å². The summed E-state index contributed by atoms with van der Waals surface area (Å²) in [7, 11) is 3.48. The first-order chi connectivity index (χ1) is 23.1. The minimum Gasteiger partial charge on any atom is -0.478 e. The van der Waals surface area contributed by atoms with Gasteiger partial charge in [-0.15, -0.1) is 0 Å². The molecule has 3 amide bonds. The second kappa shape index (κ2) is 13.9. The molecule has 10 heteroatoms. The van der Waals surface area contributed by atoms with Crippen molar-refractivity contribution >= 4 is 46.4 Å². The van der Waals surface area contributed by atoms with Crippen molar-refractivity contribution in [3.63, 3.8) is 0 Å². The molecule has 2 aliphatic rings. The van der Waals surface area contributed by atoms with Crippen LogP contribution in [0.25, 0.3) is 28.2 Å². The Balaban J connectivity index is 1.33. The van der Waals surface area contributed by atoms with Gasteiger partial charge in [-0.1, -0.05) is 50.3 Å². The number of carboxylic acid groups (broad SMARTS) is 1. The zero-order chi connectivity index (χ0) is 33.8. The average molecular weight is 651 g/mol. The Kier molecular flexibility index (Phi) is 9.52. The van der Waals surface area contributed by atoms with Crippen LogP contribution in [-0.4, -0.2) is 57.9 Å². The molecular formula is C38H42N4O6. The zero-order valence-corrected chi connectivity index (χ0v) is 27.5. The molecule has 10 nitrogen and oxygen atoms in total. The first kappa shape index (κ1) is 32.8. The molecule has 3 N–H and O–H groups in total. The van der Waals surface area contributed by atoms with Gasteiger partial charge in [0.1, 0.15) is 12.1 Å². The molecule has 2 aromatic heterocycles. The van der Waals surface area contributed by atoms with Crippen molar-refractivity contribution in [1.29, 1.82) is 0 Å². The van der Waals surface area contributed by atoms with E-state index in [1.807, 2.05) is 28.8 Å². The number of amides is 3. The number of likely N-dealkylation sites (N-methyl/N-ethyl adjacent to an activating group) is 1.